The Morgan fingerprint density at radius 2 is 2.08 bits per heavy atom. The number of rotatable bonds is 2. The van der Waals surface area contributed by atoms with Gasteiger partial charge in [-0.2, -0.15) is 0 Å². The van der Waals surface area contributed by atoms with Gasteiger partial charge in [-0.1, -0.05) is 0 Å². The summed E-state index contributed by atoms with van der Waals surface area (Å²) in [4.78, 5) is 28.6. The molecule has 6 nitrogen and oxygen atoms in total. The highest BCUT2D eigenvalue weighted by atomic mass is 16.3. The van der Waals surface area contributed by atoms with Crippen LogP contribution >= 0.6 is 0 Å². The number of urea groups is 1. The summed E-state index contributed by atoms with van der Waals surface area (Å²) in [5, 5.41) is 3.18. The summed E-state index contributed by atoms with van der Waals surface area (Å²) in [5.74, 6) is 1.25. The molecule has 1 aromatic rings. The van der Waals surface area contributed by atoms with E-state index in [1.807, 2.05) is 15.9 Å². The lowest BCUT2D eigenvalue weighted by Crippen LogP contribution is -2.53. The number of furan rings is 1. The van der Waals surface area contributed by atoms with Crippen LogP contribution in [0.15, 0.2) is 16.7 Å². The molecule has 1 N–H and O–H groups in total. The fourth-order valence-electron chi connectivity index (χ4n) is 4.33. The number of likely N-dealkylation sites (tertiary alicyclic amines) is 2. The van der Waals surface area contributed by atoms with Gasteiger partial charge in [-0.05, 0) is 38.2 Å². The molecule has 1 aliphatic carbocycles. The molecule has 0 saturated carbocycles. The Bertz CT molecular complexity index is 627. The molecule has 0 radical (unpaired) electrons. The Morgan fingerprint density at radius 3 is 2.92 bits per heavy atom. The number of carbonyl (C=O) groups is 2. The highest BCUT2D eigenvalue weighted by molar-refractivity contribution is 5.79. The number of hydrogen-bond donors (Lipinski definition) is 1. The molecule has 4 rings (SSSR count). The van der Waals surface area contributed by atoms with Gasteiger partial charge in [0.05, 0.1) is 12.3 Å². The van der Waals surface area contributed by atoms with Crippen molar-refractivity contribution in [1.29, 1.82) is 0 Å². The first-order valence-electron chi connectivity index (χ1n) is 9.13. The van der Waals surface area contributed by atoms with Crippen molar-refractivity contribution in [1.82, 2.24) is 15.1 Å². The van der Waals surface area contributed by atoms with E-state index in [9.17, 15) is 9.59 Å². The molecule has 3 aliphatic rings. The Kier molecular flexibility index (Phi) is 4.21. The van der Waals surface area contributed by atoms with E-state index >= 15 is 0 Å². The molecule has 24 heavy (non-hydrogen) atoms. The van der Waals surface area contributed by atoms with Crippen molar-refractivity contribution in [3.05, 3.63) is 23.7 Å². The first-order valence-corrected chi connectivity index (χ1v) is 9.13. The molecule has 2 saturated heterocycles. The molecule has 3 heterocycles. The summed E-state index contributed by atoms with van der Waals surface area (Å²) in [7, 11) is 0. The first kappa shape index (κ1) is 15.5. The average molecular weight is 331 g/mol. The third-order valence-electron chi connectivity index (χ3n) is 5.58. The second-order valence-corrected chi connectivity index (χ2v) is 7.13. The van der Waals surface area contributed by atoms with Crippen LogP contribution in [0.4, 0.5) is 4.79 Å². The number of aryl methyl sites for hydroxylation is 1. The summed E-state index contributed by atoms with van der Waals surface area (Å²) < 4.78 is 5.50. The van der Waals surface area contributed by atoms with Gasteiger partial charge in [0.1, 0.15) is 5.76 Å². The van der Waals surface area contributed by atoms with E-state index in [1.54, 1.807) is 6.26 Å². The third-order valence-corrected chi connectivity index (χ3v) is 5.58. The zero-order valence-corrected chi connectivity index (χ0v) is 14.0. The average Bonchev–Trinajstić information content (AvgIpc) is 3.24. The summed E-state index contributed by atoms with van der Waals surface area (Å²) in [6.07, 6.45) is 8.24. The molecule has 6 heteroatoms. The molecule has 3 amide bonds. The van der Waals surface area contributed by atoms with Gasteiger partial charge < -0.3 is 19.5 Å². The van der Waals surface area contributed by atoms with Crippen molar-refractivity contribution in [3.63, 3.8) is 0 Å². The lowest BCUT2D eigenvalue weighted by Gasteiger charge is -2.38. The van der Waals surface area contributed by atoms with Crippen LogP contribution in [0.1, 0.15) is 55.9 Å². The number of nitrogens with zero attached hydrogens (tertiary/aromatic N) is 2. The van der Waals surface area contributed by atoms with E-state index in [0.717, 1.165) is 62.9 Å². The van der Waals surface area contributed by atoms with E-state index < -0.39 is 0 Å². The number of carbonyl (C=O) groups excluding carboxylic acids is 2. The number of nitrogens with one attached hydrogen (secondary N) is 1. The normalized spacial score (nSPS) is 27.2. The van der Waals surface area contributed by atoms with E-state index in [1.165, 1.54) is 0 Å². The topological polar surface area (TPSA) is 65.8 Å². The van der Waals surface area contributed by atoms with Crippen LogP contribution in [0.5, 0.6) is 0 Å². The Hall–Kier alpha value is -1.98. The summed E-state index contributed by atoms with van der Waals surface area (Å²) in [6, 6.07) is 2.20. The van der Waals surface area contributed by atoms with Crippen molar-refractivity contribution in [2.45, 2.75) is 57.0 Å². The van der Waals surface area contributed by atoms with E-state index in [4.69, 9.17) is 4.42 Å². The van der Waals surface area contributed by atoms with Crippen LogP contribution in [0.25, 0.3) is 0 Å². The number of fused-ring (bicyclic) bond motifs is 1. The maximum Gasteiger partial charge on any atom is 0.317 e. The maximum atomic E-state index is 12.7. The zero-order valence-electron chi connectivity index (χ0n) is 14.0. The SMILES string of the molecule is O=C(NC1CCCc2occc21)N1CCCC(N2CCCC2=O)C1. The minimum absolute atomic E-state index is 0.00889. The van der Waals surface area contributed by atoms with Crippen molar-refractivity contribution in [2.75, 3.05) is 19.6 Å². The molecule has 0 spiro atoms. The molecular weight excluding hydrogens is 306 g/mol. The predicted molar refractivity (Wildman–Crippen MR) is 88.5 cm³/mol. The highest BCUT2D eigenvalue weighted by Gasteiger charge is 2.33. The Labute approximate surface area is 142 Å². The van der Waals surface area contributed by atoms with E-state index in [0.29, 0.717) is 13.0 Å². The molecule has 2 atom stereocenters. The van der Waals surface area contributed by atoms with Crippen LogP contribution in [0.3, 0.4) is 0 Å². The Morgan fingerprint density at radius 1 is 1.17 bits per heavy atom. The van der Waals surface area contributed by atoms with Crippen LogP contribution < -0.4 is 5.32 Å². The maximum absolute atomic E-state index is 12.7. The van der Waals surface area contributed by atoms with Crippen molar-refractivity contribution in [2.24, 2.45) is 0 Å². The van der Waals surface area contributed by atoms with E-state index in [2.05, 4.69) is 5.32 Å². The summed E-state index contributed by atoms with van der Waals surface area (Å²) in [5.41, 5.74) is 1.12. The molecule has 1 aromatic heterocycles. The molecule has 2 unspecified atom stereocenters. The largest absolute Gasteiger partial charge is 0.469 e. The second kappa shape index (κ2) is 6.49. The monoisotopic (exact) mass is 331 g/mol. The molecule has 0 bridgehead atoms. The molecule has 0 aromatic carbocycles. The van der Waals surface area contributed by atoms with Gasteiger partial charge in [-0.3, -0.25) is 4.79 Å². The number of amides is 3. The summed E-state index contributed by atoms with van der Waals surface area (Å²) >= 11 is 0. The van der Waals surface area contributed by atoms with Crippen LogP contribution in [0, 0.1) is 0 Å². The summed E-state index contributed by atoms with van der Waals surface area (Å²) in [6.45, 7) is 2.28. The molecule has 130 valence electrons. The second-order valence-electron chi connectivity index (χ2n) is 7.13. The van der Waals surface area contributed by atoms with Gasteiger partial charge in [-0.25, -0.2) is 4.79 Å². The first-order chi connectivity index (χ1) is 11.7. The molecular formula is C18H25N3O3. The Balaban J connectivity index is 1.39. The fourth-order valence-corrected chi connectivity index (χ4v) is 4.33. The highest BCUT2D eigenvalue weighted by Crippen LogP contribution is 2.31. The minimum atomic E-state index is -0.00889. The minimum Gasteiger partial charge on any atom is -0.469 e. The van der Waals surface area contributed by atoms with Gasteiger partial charge in [0.15, 0.2) is 0 Å². The third kappa shape index (κ3) is 2.89. The lowest BCUT2D eigenvalue weighted by molar-refractivity contribution is -0.130. The van der Waals surface area contributed by atoms with Gasteiger partial charge in [0.25, 0.3) is 0 Å². The van der Waals surface area contributed by atoms with Crippen LogP contribution in [-0.2, 0) is 11.2 Å². The van der Waals surface area contributed by atoms with Crippen molar-refractivity contribution < 1.29 is 14.0 Å². The fraction of sp³-hybridized carbons (Fsp3) is 0.667. The predicted octanol–water partition coefficient (Wildman–Crippen LogP) is 2.45. The van der Waals surface area contributed by atoms with Gasteiger partial charge in [0.2, 0.25) is 5.91 Å². The quantitative estimate of drug-likeness (QED) is 0.905. The van der Waals surface area contributed by atoms with Gasteiger partial charge in [0, 0.05) is 44.1 Å². The van der Waals surface area contributed by atoms with Crippen LogP contribution in [-0.4, -0.2) is 47.4 Å². The van der Waals surface area contributed by atoms with Crippen molar-refractivity contribution in [3.8, 4) is 0 Å². The standard InChI is InChI=1S/C18H25N3O3/c22-17-7-3-10-21(17)13-4-2-9-20(12-13)18(23)19-15-5-1-6-16-14(15)8-11-24-16/h8,11,13,15H,1-7,9-10,12H2,(H,19,23). The molecule has 2 fully saturated rings. The number of hydrogen-bond acceptors (Lipinski definition) is 3. The van der Waals surface area contributed by atoms with Crippen molar-refractivity contribution >= 4 is 11.9 Å². The van der Waals surface area contributed by atoms with E-state index in [-0.39, 0.29) is 24.0 Å². The zero-order chi connectivity index (χ0) is 16.5. The van der Waals surface area contributed by atoms with Gasteiger partial charge in [-0.15, -0.1) is 0 Å². The number of piperidine rings is 1. The van der Waals surface area contributed by atoms with Gasteiger partial charge >= 0.3 is 6.03 Å². The van der Waals surface area contributed by atoms with Crippen LogP contribution in [0.2, 0.25) is 0 Å². The lowest BCUT2D eigenvalue weighted by atomic mass is 9.93. The smallest absolute Gasteiger partial charge is 0.317 e. The molecule has 2 aliphatic heterocycles.